The molecule has 2 rings (SSSR count). The molecule has 1 amide bonds. The quantitative estimate of drug-likeness (QED) is 0.824. The summed E-state index contributed by atoms with van der Waals surface area (Å²) in [7, 11) is 3.68. The van der Waals surface area contributed by atoms with E-state index in [4.69, 9.17) is 5.73 Å². The van der Waals surface area contributed by atoms with Crippen LogP contribution in [0, 0.1) is 0 Å². The zero-order valence-corrected chi connectivity index (χ0v) is 10.5. The van der Waals surface area contributed by atoms with E-state index in [1.54, 1.807) is 16.9 Å². The first-order valence-corrected chi connectivity index (χ1v) is 6.10. The van der Waals surface area contributed by atoms with Gasteiger partial charge in [-0.1, -0.05) is 0 Å². The fourth-order valence-electron chi connectivity index (χ4n) is 2.36. The fraction of sp³-hybridized carbons (Fsp3) is 0.667. The summed E-state index contributed by atoms with van der Waals surface area (Å²) in [5, 5.41) is 4.14. The van der Waals surface area contributed by atoms with Crippen molar-refractivity contribution in [2.45, 2.75) is 37.8 Å². The van der Waals surface area contributed by atoms with Crippen molar-refractivity contribution in [3.05, 3.63) is 18.0 Å². The molecule has 0 atom stereocenters. The van der Waals surface area contributed by atoms with Crippen LogP contribution in [0.25, 0.3) is 0 Å². The maximum atomic E-state index is 12.2. The summed E-state index contributed by atoms with van der Waals surface area (Å²) in [6.45, 7) is 0. The van der Waals surface area contributed by atoms with E-state index in [0.29, 0.717) is 17.8 Å². The Kier molecular flexibility index (Phi) is 3.47. The van der Waals surface area contributed by atoms with Gasteiger partial charge in [-0.05, 0) is 31.7 Å². The van der Waals surface area contributed by atoms with Crippen molar-refractivity contribution >= 4 is 5.91 Å². The normalized spacial score (nSPS) is 24.6. The number of carbonyl (C=O) groups is 1. The van der Waals surface area contributed by atoms with Gasteiger partial charge in [0, 0.05) is 32.4 Å². The number of amides is 1. The second-order valence-corrected chi connectivity index (χ2v) is 4.86. The van der Waals surface area contributed by atoms with E-state index in [0.717, 1.165) is 25.7 Å². The predicted molar refractivity (Wildman–Crippen MR) is 65.5 cm³/mol. The Bertz CT molecular complexity index is 393. The molecule has 0 unspecified atom stereocenters. The SMILES string of the molecule is CN(C(=O)c1ccn(C)n1)C1CCC(N)CC1. The molecular weight excluding hydrogens is 216 g/mol. The van der Waals surface area contributed by atoms with Gasteiger partial charge < -0.3 is 10.6 Å². The second kappa shape index (κ2) is 4.87. The molecule has 0 aromatic carbocycles. The molecule has 1 aliphatic rings. The fourth-order valence-corrected chi connectivity index (χ4v) is 2.36. The molecule has 0 aliphatic heterocycles. The highest BCUT2D eigenvalue weighted by Crippen LogP contribution is 2.22. The molecule has 1 aromatic rings. The molecular formula is C12H20N4O. The van der Waals surface area contributed by atoms with Gasteiger partial charge in [-0.2, -0.15) is 5.10 Å². The largest absolute Gasteiger partial charge is 0.337 e. The minimum Gasteiger partial charge on any atom is -0.337 e. The van der Waals surface area contributed by atoms with Crippen LogP contribution in [0.3, 0.4) is 0 Å². The van der Waals surface area contributed by atoms with Crippen LogP contribution in [0.15, 0.2) is 12.3 Å². The third-order valence-corrected chi connectivity index (χ3v) is 3.54. The van der Waals surface area contributed by atoms with Crippen molar-refractivity contribution in [1.82, 2.24) is 14.7 Å². The van der Waals surface area contributed by atoms with Gasteiger partial charge in [0.15, 0.2) is 0 Å². The van der Waals surface area contributed by atoms with Gasteiger partial charge >= 0.3 is 0 Å². The minimum absolute atomic E-state index is 0.00562. The number of nitrogens with two attached hydrogens (primary N) is 1. The van der Waals surface area contributed by atoms with Crippen molar-refractivity contribution in [3.8, 4) is 0 Å². The van der Waals surface area contributed by atoms with E-state index in [2.05, 4.69) is 5.10 Å². The second-order valence-electron chi connectivity index (χ2n) is 4.86. The monoisotopic (exact) mass is 236 g/mol. The standard InChI is InChI=1S/C12H20N4O/c1-15-8-7-11(14-15)12(17)16(2)10-5-3-9(13)4-6-10/h7-10H,3-6,13H2,1-2H3. The number of hydrogen-bond donors (Lipinski definition) is 1. The van der Waals surface area contributed by atoms with Crippen molar-refractivity contribution in [2.75, 3.05) is 7.05 Å². The van der Waals surface area contributed by atoms with Gasteiger partial charge in [0.25, 0.3) is 5.91 Å². The lowest BCUT2D eigenvalue weighted by molar-refractivity contribution is 0.0683. The molecule has 0 radical (unpaired) electrons. The lowest BCUT2D eigenvalue weighted by Crippen LogP contribution is -2.42. The Morgan fingerprint density at radius 1 is 1.47 bits per heavy atom. The van der Waals surface area contributed by atoms with Crippen LogP contribution in [0.5, 0.6) is 0 Å². The summed E-state index contributed by atoms with van der Waals surface area (Å²) in [5.74, 6) is 0.00562. The van der Waals surface area contributed by atoms with Crippen LogP contribution in [0.4, 0.5) is 0 Å². The molecule has 1 aliphatic carbocycles. The van der Waals surface area contributed by atoms with E-state index in [1.807, 2.05) is 19.0 Å². The average Bonchev–Trinajstić information content (AvgIpc) is 2.75. The van der Waals surface area contributed by atoms with Gasteiger partial charge in [0.05, 0.1) is 0 Å². The van der Waals surface area contributed by atoms with Crippen molar-refractivity contribution in [1.29, 1.82) is 0 Å². The third-order valence-electron chi connectivity index (χ3n) is 3.54. The topological polar surface area (TPSA) is 64.2 Å². The van der Waals surface area contributed by atoms with E-state index in [9.17, 15) is 4.79 Å². The first-order valence-electron chi connectivity index (χ1n) is 6.10. The summed E-state index contributed by atoms with van der Waals surface area (Å²) in [5.41, 5.74) is 6.39. The van der Waals surface area contributed by atoms with Crippen molar-refractivity contribution < 1.29 is 4.79 Å². The number of carbonyl (C=O) groups excluding carboxylic acids is 1. The highest BCUT2D eigenvalue weighted by Gasteiger charge is 2.26. The molecule has 2 N–H and O–H groups in total. The van der Waals surface area contributed by atoms with Crippen LogP contribution in [-0.2, 0) is 7.05 Å². The van der Waals surface area contributed by atoms with E-state index >= 15 is 0 Å². The molecule has 5 heteroatoms. The van der Waals surface area contributed by atoms with Gasteiger partial charge in [-0.3, -0.25) is 9.48 Å². The first kappa shape index (κ1) is 12.1. The van der Waals surface area contributed by atoms with E-state index < -0.39 is 0 Å². The average molecular weight is 236 g/mol. The van der Waals surface area contributed by atoms with Crippen molar-refractivity contribution in [2.24, 2.45) is 12.8 Å². The van der Waals surface area contributed by atoms with Gasteiger partial charge in [0.1, 0.15) is 5.69 Å². The predicted octanol–water partition coefficient (Wildman–Crippen LogP) is 0.762. The van der Waals surface area contributed by atoms with Gasteiger partial charge in [-0.25, -0.2) is 0 Å². The van der Waals surface area contributed by atoms with Crippen LogP contribution in [0.1, 0.15) is 36.2 Å². The van der Waals surface area contributed by atoms with Crippen LogP contribution >= 0.6 is 0 Å². The van der Waals surface area contributed by atoms with Crippen LogP contribution in [0.2, 0.25) is 0 Å². The van der Waals surface area contributed by atoms with Crippen LogP contribution < -0.4 is 5.73 Å². The molecule has 17 heavy (non-hydrogen) atoms. The number of nitrogens with zero attached hydrogens (tertiary/aromatic N) is 3. The van der Waals surface area contributed by atoms with E-state index in [1.165, 1.54) is 0 Å². The number of rotatable bonds is 2. The third kappa shape index (κ3) is 2.66. The zero-order valence-electron chi connectivity index (χ0n) is 10.5. The Morgan fingerprint density at radius 3 is 2.65 bits per heavy atom. The molecule has 0 saturated heterocycles. The molecule has 0 bridgehead atoms. The summed E-state index contributed by atoms with van der Waals surface area (Å²) >= 11 is 0. The van der Waals surface area contributed by atoms with Gasteiger partial charge in [-0.15, -0.1) is 0 Å². The van der Waals surface area contributed by atoms with Crippen LogP contribution in [-0.4, -0.2) is 39.7 Å². The maximum absolute atomic E-state index is 12.2. The molecule has 5 nitrogen and oxygen atoms in total. The summed E-state index contributed by atoms with van der Waals surface area (Å²) in [6, 6.07) is 2.38. The Labute approximate surface area is 102 Å². The summed E-state index contributed by atoms with van der Waals surface area (Å²) < 4.78 is 1.65. The number of aryl methyl sites for hydroxylation is 1. The van der Waals surface area contributed by atoms with Crippen molar-refractivity contribution in [3.63, 3.8) is 0 Å². The smallest absolute Gasteiger partial charge is 0.274 e. The highest BCUT2D eigenvalue weighted by atomic mass is 16.2. The molecule has 94 valence electrons. The molecule has 1 fully saturated rings. The lowest BCUT2D eigenvalue weighted by Gasteiger charge is -2.33. The Hall–Kier alpha value is -1.36. The first-order chi connectivity index (χ1) is 8.08. The molecule has 1 saturated carbocycles. The lowest BCUT2D eigenvalue weighted by atomic mass is 9.91. The minimum atomic E-state index is 0.00562. The molecule has 1 aromatic heterocycles. The Balaban J connectivity index is 2.00. The molecule has 0 spiro atoms. The highest BCUT2D eigenvalue weighted by molar-refractivity contribution is 5.92. The number of hydrogen-bond acceptors (Lipinski definition) is 3. The maximum Gasteiger partial charge on any atom is 0.274 e. The zero-order chi connectivity index (χ0) is 12.4. The molecule has 1 heterocycles. The number of aromatic nitrogens is 2. The Morgan fingerprint density at radius 2 is 2.12 bits per heavy atom. The summed E-state index contributed by atoms with van der Waals surface area (Å²) in [4.78, 5) is 14.0. The van der Waals surface area contributed by atoms with Gasteiger partial charge in [0.2, 0.25) is 0 Å². The van der Waals surface area contributed by atoms with E-state index in [-0.39, 0.29) is 5.91 Å². The summed E-state index contributed by atoms with van der Waals surface area (Å²) in [6.07, 6.45) is 5.79.